The minimum Gasteiger partial charge on any atom is -0.330 e. The molecule has 2 fully saturated rings. The van der Waals surface area contributed by atoms with Gasteiger partial charge in [-0.15, -0.1) is 0 Å². The standard InChI is InChI=1S/C20H24N4O/c1-12-6-4-5-7-16(12)19-17-10-21-9-15(17)11-24(19)20(25)18-8-13(2)22-14(3)23-18/h4-8,15,17,19,21H,9-11H2,1-3H3/t15-,17-,19-/m0/s1. The van der Waals surface area contributed by atoms with Crippen LogP contribution in [0.5, 0.6) is 0 Å². The Morgan fingerprint density at radius 3 is 2.72 bits per heavy atom. The zero-order valence-electron chi connectivity index (χ0n) is 15.0. The molecule has 0 unspecified atom stereocenters. The lowest BCUT2D eigenvalue weighted by molar-refractivity contribution is 0.0707. The summed E-state index contributed by atoms with van der Waals surface area (Å²) in [6.07, 6.45) is 0. The Labute approximate surface area is 148 Å². The molecule has 130 valence electrons. The average molecular weight is 336 g/mol. The number of fused-ring (bicyclic) bond motifs is 1. The van der Waals surface area contributed by atoms with E-state index < -0.39 is 0 Å². The van der Waals surface area contributed by atoms with Crippen molar-refractivity contribution in [1.29, 1.82) is 0 Å². The number of benzene rings is 1. The smallest absolute Gasteiger partial charge is 0.273 e. The Kier molecular flexibility index (Phi) is 4.04. The van der Waals surface area contributed by atoms with E-state index in [1.807, 2.05) is 18.7 Å². The number of likely N-dealkylation sites (tertiary alicyclic amines) is 1. The minimum atomic E-state index is 0.0243. The van der Waals surface area contributed by atoms with E-state index in [2.05, 4.69) is 46.5 Å². The third-order valence-corrected chi connectivity index (χ3v) is 5.52. The summed E-state index contributed by atoms with van der Waals surface area (Å²) in [5, 5.41) is 3.50. The number of nitrogens with one attached hydrogen (secondary N) is 1. The molecule has 2 saturated heterocycles. The van der Waals surface area contributed by atoms with Crippen molar-refractivity contribution < 1.29 is 4.79 Å². The fourth-order valence-corrected chi connectivity index (χ4v) is 4.42. The summed E-state index contributed by atoms with van der Waals surface area (Å²) in [6, 6.07) is 10.3. The second kappa shape index (κ2) is 6.23. The molecule has 0 saturated carbocycles. The highest BCUT2D eigenvalue weighted by Crippen LogP contribution is 2.44. The molecule has 25 heavy (non-hydrogen) atoms. The second-order valence-corrected chi connectivity index (χ2v) is 7.28. The van der Waals surface area contributed by atoms with Crippen molar-refractivity contribution >= 4 is 5.91 Å². The van der Waals surface area contributed by atoms with E-state index in [-0.39, 0.29) is 11.9 Å². The quantitative estimate of drug-likeness (QED) is 0.915. The van der Waals surface area contributed by atoms with Gasteiger partial charge < -0.3 is 10.2 Å². The van der Waals surface area contributed by atoms with Gasteiger partial charge in [-0.2, -0.15) is 0 Å². The molecular formula is C20H24N4O. The van der Waals surface area contributed by atoms with E-state index in [1.54, 1.807) is 6.07 Å². The number of aryl methyl sites for hydroxylation is 3. The maximum Gasteiger partial charge on any atom is 0.273 e. The van der Waals surface area contributed by atoms with Crippen LogP contribution < -0.4 is 5.32 Å². The molecule has 2 aliphatic heterocycles. The molecule has 5 heteroatoms. The predicted molar refractivity (Wildman–Crippen MR) is 96.3 cm³/mol. The summed E-state index contributed by atoms with van der Waals surface area (Å²) in [7, 11) is 0. The molecule has 5 nitrogen and oxygen atoms in total. The number of hydrogen-bond donors (Lipinski definition) is 1. The van der Waals surface area contributed by atoms with Gasteiger partial charge in [-0.05, 0) is 43.9 Å². The molecule has 1 N–H and O–H groups in total. The van der Waals surface area contributed by atoms with Crippen LogP contribution >= 0.6 is 0 Å². The number of hydrogen-bond acceptors (Lipinski definition) is 4. The number of nitrogens with zero attached hydrogens (tertiary/aromatic N) is 3. The van der Waals surface area contributed by atoms with Crippen molar-refractivity contribution in [3.05, 3.63) is 58.7 Å². The Morgan fingerprint density at radius 1 is 1.16 bits per heavy atom. The van der Waals surface area contributed by atoms with Crippen LogP contribution in [0, 0.1) is 32.6 Å². The first kappa shape index (κ1) is 16.2. The number of amides is 1. The molecular weight excluding hydrogens is 312 g/mol. The van der Waals surface area contributed by atoms with Crippen LogP contribution in [-0.4, -0.2) is 40.4 Å². The van der Waals surface area contributed by atoms with Gasteiger partial charge in [0.15, 0.2) is 0 Å². The molecule has 2 aromatic rings. The number of carbonyl (C=O) groups excluding carboxylic acids is 1. The van der Waals surface area contributed by atoms with Gasteiger partial charge in [0.05, 0.1) is 6.04 Å². The van der Waals surface area contributed by atoms with E-state index in [9.17, 15) is 4.79 Å². The fourth-order valence-electron chi connectivity index (χ4n) is 4.42. The highest BCUT2D eigenvalue weighted by molar-refractivity contribution is 5.93. The number of aromatic nitrogens is 2. The zero-order chi connectivity index (χ0) is 17.6. The maximum atomic E-state index is 13.3. The van der Waals surface area contributed by atoms with Crippen LogP contribution in [-0.2, 0) is 0 Å². The molecule has 3 atom stereocenters. The summed E-state index contributed by atoms with van der Waals surface area (Å²) >= 11 is 0. The van der Waals surface area contributed by atoms with E-state index >= 15 is 0 Å². The molecule has 0 bridgehead atoms. The Bertz CT molecular complexity index is 799. The monoisotopic (exact) mass is 336 g/mol. The van der Waals surface area contributed by atoms with Crippen molar-refractivity contribution in [2.24, 2.45) is 11.8 Å². The Hall–Kier alpha value is -2.27. The third kappa shape index (κ3) is 2.82. The largest absolute Gasteiger partial charge is 0.330 e. The summed E-state index contributed by atoms with van der Waals surface area (Å²) in [6.45, 7) is 8.62. The van der Waals surface area contributed by atoms with Gasteiger partial charge >= 0.3 is 0 Å². The molecule has 1 aromatic heterocycles. The molecule has 1 aromatic carbocycles. The zero-order valence-corrected chi connectivity index (χ0v) is 15.0. The highest BCUT2D eigenvalue weighted by atomic mass is 16.2. The summed E-state index contributed by atoms with van der Waals surface area (Å²) < 4.78 is 0. The second-order valence-electron chi connectivity index (χ2n) is 7.28. The first-order valence-corrected chi connectivity index (χ1v) is 8.94. The summed E-state index contributed by atoms with van der Waals surface area (Å²) in [4.78, 5) is 24.0. The van der Waals surface area contributed by atoms with Crippen molar-refractivity contribution in [3.8, 4) is 0 Å². The van der Waals surface area contributed by atoms with Gasteiger partial charge in [-0.3, -0.25) is 4.79 Å². The molecule has 3 heterocycles. The van der Waals surface area contributed by atoms with E-state index in [0.29, 0.717) is 23.4 Å². The lowest BCUT2D eigenvalue weighted by Gasteiger charge is -2.29. The van der Waals surface area contributed by atoms with Crippen molar-refractivity contribution in [1.82, 2.24) is 20.2 Å². The lowest BCUT2D eigenvalue weighted by Crippen LogP contribution is -2.35. The SMILES string of the molecule is Cc1cc(C(=O)N2C[C@@H]3CNC[C@@H]3[C@@H]2c2ccccc2C)nc(C)n1. The normalized spacial score (nSPS) is 25.2. The van der Waals surface area contributed by atoms with Crippen molar-refractivity contribution in [3.63, 3.8) is 0 Å². The van der Waals surface area contributed by atoms with Gasteiger partial charge in [-0.25, -0.2) is 9.97 Å². The predicted octanol–water partition coefficient (Wildman–Crippen LogP) is 2.43. The number of carbonyl (C=O) groups is 1. The third-order valence-electron chi connectivity index (χ3n) is 5.52. The Balaban J connectivity index is 1.74. The van der Waals surface area contributed by atoms with E-state index in [0.717, 1.165) is 25.3 Å². The van der Waals surface area contributed by atoms with Crippen LogP contribution in [0.4, 0.5) is 0 Å². The molecule has 0 spiro atoms. The molecule has 0 radical (unpaired) electrons. The van der Waals surface area contributed by atoms with Crippen LogP contribution in [0.25, 0.3) is 0 Å². The maximum absolute atomic E-state index is 13.3. The topological polar surface area (TPSA) is 58.1 Å². The fraction of sp³-hybridized carbons (Fsp3) is 0.450. The van der Waals surface area contributed by atoms with Crippen LogP contribution in [0.2, 0.25) is 0 Å². The van der Waals surface area contributed by atoms with Gasteiger partial charge in [-0.1, -0.05) is 24.3 Å². The van der Waals surface area contributed by atoms with Gasteiger partial charge in [0.2, 0.25) is 0 Å². The van der Waals surface area contributed by atoms with Crippen molar-refractivity contribution in [2.75, 3.05) is 19.6 Å². The van der Waals surface area contributed by atoms with Gasteiger partial charge in [0, 0.05) is 31.2 Å². The summed E-state index contributed by atoms with van der Waals surface area (Å²) in [5.74, 6) is 1.65. The lowest BCUT2D eigenvalue weighted by atomic mass is 9.87. The average Bonchev–Trinajstić information content (AvgIpc) is 3.15. The Morgan fingerprint density at radius 2 is 1.96 bits per heavy atom. The van der Waals surface area contributed by atoms with Gasteiger partial charge in [0.25, 0.3) is 5.91 Å². The van der Waals surface area contributed by atoms with Crippen molar-refractivity contribution in [2.45, 2.75) is 26.8 Å². The summed E-state index contributed by atoms with van der Waals surface area (Å²) in [5.41, 5.74) is 3.85. The van der Waals surface area contributed by atoms with Crippen LogP contribution in [0.3, 0.4) is 0 Å². The van der Waals surface area contributed by atoms with E-state index in [4.69, 9.17) is 0 Å². The highest BCUT2D eigenvalue weighted by Gasteiger charge is 2.47. The molecule has 1 amide bonds. The molecule has 0 aliphatic carbocycles. The first-order valence-electron chi connectivity index (χ1n) is 8.94. The van der Waals surface area contributed by atoms with Crippen LogP contribution in [0.15, 0.2) is 30.3 Å². The van der Waals surface area contributed by atoms with Crippen LogP contribution in [0.1, 0.15) is 39.2 Å². The van der Waals surface area contributed by atoms with Gasteiger partial charge in [0.1, 0.15) is 11.5 Å². The minimum absolute atomic E-state index is 0.0243. The molecule has 2 aliphatic rings. The molecule has 4 rings (SSSR count). The first-order chi connectivity index (χ1) is 12.0. The van der Waals surface area contributed by atoms with E-state index in [1.165, 1.54) is 11.1 Å². The number of rotatable bonds is 2.